The first-order valence-corrected chi connectivity index (χ1v) is 10.3. The third kappa shape index (κ3) is 4.10. The van der Waals surface area contributed by atoms with Crippen LogP contribution in [0.4, 0.5) is 23.5 Å². The van der Waals surface area contributed by atoms with Crippen molar-refractivity contribution >= 4 is 11.9 Å². The van der Waals surface area contributed by atoms with Crippen molar-refractivity contribution in [3.05, 3.63) is 66.0 Å². The molecule has 3 aromatic rings. The van der Waals surface area contributed by atoms with Gasteiger partial charge in [-0.15, -0.1) is 0 Å². The molecule has 1 amide bonds. The molecular formula is C22H18F4N6O. The number of rotatable bonds is 4. The highest BCUT2D eigenvalue weighted by Crippen LogP contribution is 2.40. The minimum atomic E-state index is -4.51. The fourth-order valence-electron chi connectivity index (χ4n) is 4.61. The number of amides is 1. The lowest BCUT2D eigenvalue weighted by atomic mass is 10.0. The molecule has 0 radical (unpaired) electrons. The number of piperidine rings is 1. The molecule has 2 aromatic heterocycles. The Hall–Kier alpha value is -3.63. The number of anilines is 1. The van der Waals surface area contributed by atoms with Gasteiger partial charge in [0.05, 0.1) is 17.2 Å². The Morgan fingerprint density at radius 3 is 2.45 bits per heavy atom. The van der Waals surface area contributed by atoms with Crippen LogP contribution in [-0.2, 0) is 6.18 Å². The fourth-order valence-corrected chi connectivity index (χ4v) is 4.61. The maximum absolute atomic E-state index is 14.1. The van der Waals surface area contributed by atoms with Crippen LogP contribution in [0.3, 0.4) is 0 Å². The molecule has 1 aliphatic heterocycles. The summed E-state index contributed by atoms with van der Waals surface area (Å²) in [6, 6.07) is 5.12. The van der Waals surface area contributed by atoms with Crippen LogP contribution in [0.2, 0.25) is 0 Å². The Morgan fingerprint density at radius 2 is 1.79 bits per heavy atom. The molecule has 0 unspecified atom stereocenters. The van der Waals surface area contributed by atoms with E-state index in [1.54, 1.807) is 23.4 Å². The topological polar surface area (TPSA) is 83.9 Å². The van der Waals surface area contributed by atoms with E-state index in [9.17, 15) is 22.4 Å². The number of halogens is 4. The first-order chi connectivity index (χ1) is 15.8. The molecule has 1 N–H and O–H groups in total. The molecule has 1 saturated carbocycles. The molecule has 33 heavy (non-hydrogen) atoms. The lowest BCUT2D eigenvalue weighted by molar-refractivity contribution is -0.138. The molecule has 7 nitrogen and oxygen atoms in total. The summed E-state index contributed by atoms with van der Waals surface area (Å²) in [7, 11) is 0. The van der Waals surface area contributed by atoms with E-state index in [1.807, 2.05) is 0 Å². The zero-order valence-electron chi connectivity index (χ0n) is 17.1. The largest absolute Gasteiger partial charge is 0.419 e. The fraction of sp³-hybridized carbons (Fsp3) is 0.318. The molecule has 3 atom stereocenters. The van der Waals surface area contributed by atoms with Crippen molar-refractivity contribution in [1.82, 2.24) is 24.8 Å². The van der Waals surface area contributed by atoms with Gasteiger partial charge in [0.15, 0.2) is 5.82 Å². The summed E-state index contributed by atoms with van der Waals surface area (Å²) < 4.78 is 52.3. The Labute approximate surface area is 185 Å². The van der Waals surface area contributed by atoms with Crippen LogP contribution in [0.25, 0.3) is 11.4 Å². The Balaban J connectivity index is 1.37. The van der Waals surface area contributed by atoms with Gasteiger partial charge >= 0.3 is 6.18 Å². The number of likely N-dealkylation sites (tertiary alicyclic amines) is 1. The molecule has 0 spiro atoms. The van der Waals surface area contributed by atoms with E-state index in [0.29, 0.717) is 17.9 Å². The van der Waals surface area contributed by atoms with Crippen LogP contribution in [-0.4, -0.2) is 49.4 Å². The van der Waals surface area contributed by atoms with Crippen molar-refractivity contribution in [1.29, 1.82) is 0 Å². The number of hydrogen-bond donors (Lipinski definition) is 1. The standard InChI is InChI=1S/C22H18F4N6O/c23-14-2-3-15(19-27-4-1-5-28-19)16(8-14)20(33)32-11-12-6-17(18(32)7-12)31-21-29-9-13(10-30-21)22(24,25)26/h1-5,8-10,12,17-18H,6-7,11H2,(H,29,30,31)/t12-,17-,18+/m1/s1. The molecule has 2 bridgehead atoms. The van der Waals surface area contributed by atoms with Gasteiger partial charge in [0, 0.05) is 42.9 Å². The van der Waals surface area contributed by atoms with E-state index < -0.39 is 17.6 Å². The maximum Gasteiger partial charge on any atom is 0.419 e. The maximum atomic E-state index is 14.1. The monoisotopic (exact) mass is 458 g/mol. The molecule has 2 fully saturated rings. The van der Waals surface area contributed by atoms with Crippen LogP contribution in [0, 0.1) is 11.7 Å². The van der Waals surface area contributed by atoms with E-state index in [4.69, 9.17) is 0 Å². The number of aromatic nitrogens is 4. The summed E-state index contributed by atoms with van der Waals surface area (Å²) >= 11 is 0. The smallest absolute Gasteiger partial charge is 0.349 e. The number of fused-ring (bicyclic) bond motifs is 2. The van der Waals surface area contributed by atoms with Crippen molar-refractivity contribution < 1.29 is 22.4 Å². The number of nitrogens with zero attached hydrogens (tertiary/aromatic N) is 5. The predicted molar refractivity (Wildman–Crippen MR) is 109 cm³/mol. The SMILES string of the molecule is O=C(c1cc(F)ccc1-c1ncccn1)N1C[C@@H]2C[C@@H](Nc3ncc(C(F)(F)F)cn3)[C@@H]1C2. The van der Waals surface area contributed by atoms with E-state index in [2.05, 4.69) is 25.3 Å². The molecule has 1 aliphatic carbocycles. The lowest BCUT2D eigenvalue weighted by Gasteiger charge is -2.34. The number of carbonyl (C=O) groups excluding carboxylic acids is 1. The highest BCUT2D eigenvalue weighted by atomic mass is 19.4. The highest BCUT2D eigenvalue weighted by molar-refractivity contribution is 6.00. The van der Waals surface area contributed by atoms with Crippen molar-refractivity contribution in [3.8, 4) is 11.4 Å². The summed E-state index contributed by atoms with van der Waals surface area (Å²) in [4.78, 5) is 31.0. The van der Waals surface area contributed by atoms with E-state index >= 15 is 0 Å². The van der Waals surface area contributed by atoms with Gasteiger partial charge in [-0.05, 0) is 43.0 Å². The average molecular weight is 458 g/mol. The average Bonchev–Trinajstić information content (AvgIpc) is 3.39. The number of nitrogens with one attached hydrogen (secondary N) is 1. The van der Waals surface area contributed by atoms with Crippen LogP contribution in [0.15, 0.2) is 49.1 Å². The van der Waals surface area contributed by atoms with Crippen LogP contribution >= 0.6 is 0 Å². The number of alkyl halides is 3. The minimum absolute atomic E-state index is 0.0667. The van der Waals surface area contributed by atoms with Crippen molar-refractivity contribution in [2.45, 2.75) is 31.1 Å². The van der Waals surface area contributed by atoms with Crippen molar-refractivity contribution in [2.24, 2.45) is 5.92 Å². The Kier molecular flexibility index (Phi) is 5.18. The molecular weight excluding hydrogens is 440 g/mol. The summed E-state index contributed by atoms with van der Waals surface area (Å²) in [5, 5.41) is 3.06. The minimum Gasteiger partial charge on any atom is -0.349 e. The van der Waals surface area contributed by atoms with Crippen LogP contribution < -0.4 is 5.32 Å². The molecule has 11 heteroatoms. The molecule has 3 heterocycles. The predicted octanol–water partition coefficient (Wildman–Crippen LogP) is 3.81. The zero-order chi connectivity index (χ0) is 23.2. The van der Waals surface area contributed by atoms with Crippen molar-refractivity contribution in [2.75, 3.05) is 11.9 Å². The van der Waals surface area contributed by atoms with E-state index in [1.165, 1.54) is 18.2 Å². The molecule has 1 saturated heterocycles. The summed E-state index contributed by atoms with van der Waals surface area (Å²) in [6.07, 6.45) is 1.49. The first kappa shape index (κ1) is 21.2. The summed E-state index contributed by atoms with van der Waals surface area (Å²) in [5.74, 6) is -0.287. The number of benzene rings is 1. The van der Waals surface area contributed by atoms with Crippen molar-refractivity contribution in [3.63, 3.8) is 0 Å². The van der Waals surface area contributed by atoms with Gasteiger partial charge in [0.25, 0.3) is 5.91 Å². The van der Waals surface area contributed by atoms with Gasteiger partial charge in [-0.25, -0.2) is 24.3 Å². The van der Waals surface area contributed by atoms with Gasteiger partial charge in [0.2, 0.25) is 5.95 Å². The molecule has 2 aliphatic rings. The zero-order valence-corrected chi connectivity index (χ0v) is 17.1. The van der Waals surface area contributed by atoms with E-state index in [-0.39, 0.29) is 35.4 Å². The second-order valence-corrected chi connectivity index (χ2v) is 8.17. The normalized spacial score (nSPS) is 21.9. The van der Waals surface area contributed by atoms with Gasteiger partial charge in [-0.1, -0.05) is 0 Å². The third-order valence-electron chi connectivity index (χ3n) is 6.06. The van der Waals surface area contributed by atoms with Gasteiger partial charge in [0.1, 0.15) is 5.82 Å². The van der Waals surface area contributed by atoms with Crippen LogP contribution in [0.1, 0.15) is 28.8 Å². The number of hydrogen-bond acceptors (Lipinski definition) is 6. The number of carbonyl (C=O) groups is 1. The van der Waals surface area contributed by atoms with Gasteiger partial charge in [-0.2, -0.15) is 13.2 Å². The Morgan fingerprint density at radius 1 is 1.06 bits per heavy atom. The molecule has 5 rings (SSSR count). The van der Waals surface area contributed by atoms with Gasteiger partial charge in [-0.3, -0.25) is 4.79 Å². The second kappa shape index (κ2) is 8.05. The summed E-state index contributed by atoms with van der Waals surface area (Å²) in [6.45, 7) is 0.515. The molecule has 1 aromatic carbocycles. The highest BCUT2D eigenvalue weighted by Gasteiger charge is 2.47. The van der Waals surface area contributed by atoms with E-state index in [0.717, 1.165) is 25.2 Å². The summed E-state index contributed by atoms with van der Waals surface area (Å²) in [5.41, 5.74) is -0.335. The van der Waals surface area contributed by atoms with Gasteiger partial charge < -0.3 is 10.2 Å². The molecule has 170 valence electrons. The van der Waals surface area contributed by atoms with Crippen LogP contribution in [0.5, 0.6) is 0 Å². The first-order valence-electron chi connectivity index (χ1n) is 10.3. The quantitative estimate of drug-likeness (QED) is 0.599. The third-order valence-corrected chi connectivity index (χ3v) is 6.06. The lowest BCUT2D eigenvalue weighted by Crippen LogP contribution is -2.48. The second-order valence-electron chi connectivity index (χ2n) is 8.17. The Bertz CT molecular complexity index is 1170.